The summed E-state index contributed by atoms with van der Waals surface area (Å²) in [5.41, 5.74) is 1.23. The molecule has 10 nitrogen and oxygen atoms in total. The Morgan fingerprint density at radius 2 is 1.57 bits per heavy atom. The van der Waals surface area contributed by atoms with Gasteiger partial charge in [0.25, 0.3) is 0 Å². The van der Waals surface area contributed by atoms with Gasteiger partial charge in [-0.1, -0.05) is 6.07 Å². The minimum Gasteiger partial charge on any atom is -0.473 e. The number of carbonyl (C=O) groups is 3. The van der Waals surface area contributed by atoms with Crippen molar-refractivity contribution < 1.29 is 38.8 Å². The van der Waals surface area contributed by atoms with E-state index in [9.17, 15) is 4.79 Å². The van der Waals surface area contributed by atoms with E-state index in [0.29, 0.717) is 25.9 Å². The number of nitrogens with zero attached hydrogens (tertiary/aromatic N) is 2. The number of ether oxygens (including phenoxy) is 3. The van der Waals surface area contributed by atoms with E-state index in [-0.39, 0.29) is 5.92 Å². The molecule has 0 aliphatic carbocycles. The summed E-state index contributed by atoms with van der Waals surface area (Å²) < 4.78 is 16.1. The minimum absolute atomic E-state index is 0.177. The number of piperidine rings is 1. The number of morpholine rings is 1. The molecule has 10 heteroatoms. The highest BCUT2D eigenvalue weighted by atomic mass is 16.7. The van der Waals surface area contributed by atoms with Crippen LogP contribution in [0.4, 0.5) is 0 Å². The molecule has 1 amide bonds. The second-order valence-electron chi connectivity index (χ2n) is 7.29. The molecule has 0 radical (unpaired) electrons. The van der Waals surface area contributed by atoms with Crippen LogP contribution in [0.15, 0.2) is 18.2 Å². The highest BCUT2D eigenvalue weighted by Gasteiger charge is 2.29. The molecule has 3 aliphatic rings. The maximum Gasteiger partial charge on any atom is 0.414 e. The number of fused-ring (bicyclic) bond motifs is 1. The van der Waals surface area contributed by atoms with Crippen molar-refractivity contribution in [3.63, 3.8) is 0 Å². The van der Waals surface area contributed by atoms with E-state index < -0.39 is 11.9 Å². The highest BCUT2D eigenvalue weighted by Crippen LogP contribution is 2.33. The fraction of sp³-hybridized carbons (Fsp3) is 0.550. The van der Waals surface area contributed by atoms with Gasteiger partial charge in [0.05, 0.1) is 13.2 Å². The molecule has 3 heterocycles. The van der Waals surface area contributed by atoms with Crippen molar-refractivity contribution >= 4 is 17.8 Å². The number of carboxylic acid groups (broad SMARTS) is 2. The van der Waals surface area contributed by atoms with E-state index in [0.717, 1.165) is 57.1 Å². The van der Waals surface area contributed by atoms with Gasteiger partial charge in [0.15, 0.2) is 11.5 Å². The lowest BCUT2D eigenvalue weighted by atomic mass is 9.94. The number of benzene rings is 1. The molecule has 0 atom stereocenters. The van der Waals surface area contributed by atoms with E-state index in [4.69, 9.17) is 34.0 Å². The van der Waals surface area contributed by atoms with Gasteiger partial charge in [-0.15, -0.1) is 0 Å². The van der Waals surface area contributed by atoms with Gasteiger partial charge in [0.2, 0.25) is 12.7 Å². The van der Waals surface area contributed by atoms with Crippen molar-refractivity contribution in [1.82, 2.24) is 9.80 Å². The number of rotatable bonds is 3. The Bertz CT molecular complexity index is 758. The zero-order valence-electron chi connectivity index (χ0n) is 16.6. The third kappa shape index (κ3) is 5.83. The molecule has 2 saturated heterocycles. The highest BCUT2D eigenvalue weighted by molar-refractivity contribution is 6.27. The van der Waals surface area contributed by atoms with Crippen LogP contribution in [0.3, 0.4) is 0 Å². The zero-order valence-corrected chi connectivity index (χ0v) is 16.6. The Labute approximate surface area is 173 Å². The third-order valence-electron chi connectivity index (χ3n) is 5.29. The summed E-state index contributed by atoms with van der Waals surface area (Å²) >= 11 is 0. The molecule has 0 bridgehead atoms. The summed E-state index contributed by atoms with van der Waals surface area (Å²) in [6.07, 6.45) is 1.89. The topological polar surface area (TPSA) is 126 Å². The van der Waals surface area contributed by atoms with Crippen LogP contribution in [0, 0.1) is 5.92 Å². The number of aliphatic carboxylic acids is 2. The third-order valence-corrected chi connectivity index (χ3v) is 5.29. The standard InChI is InChI=1S/C18H24N2O4.C2H2O4/c21-18(20-7-9-22-10-8-20)15-3-5-19(6-4-15)12-14-1-2-16-17(11-14)24-13-23-16;3-1(4)2(5)6/h1-2,11,15H,3-10,12-13H2;(H,3,4)(H,5,6). The van der Waals surface area contributed by atoms with Crippen molar-refractivity contribution in [2.45, 2.75) is 19.4 Å². The predicted octanol–water partition coefficient (Wildman–Crippen LogP) is 0.642. The monoisotopic (exact) mass is 422 g/mol. The first-order valence-corrected chi connectivity index (χ1v) is 9.87. The van der Waals surface area contributed by atoms with Crippen LogP contribution >= 0.6 is 0 Å². The molecule has 2 fully saturated rings. The molecule has 4 rings (SSSR count). The molecule has 0 aromatic heterocycles. The Hall–Kier alpha value is -2.85. The largest absolute Gasteiger partial charge is 0.473 e. The average Bonchev–Trinajstić information content (AvgIpc) is 3.23. The molecule has 3 aliphatic heterocycles. The van der Waals surface area contributed by atoms with Crippen LogP contribution in [-0.4, -0.2) is 84.0 Å². The number of carboxylic acids is 2. The summed E-state index contributed by atoms with van der Waals surface area (Å²) in [6, 6.07) is 6.14. The van der Waals surface area contributed by atoms with Gasteiger partial charge in [-0.2, -0.15) is 0 Å². The second kappa shape index (κ2) is 10.3. The fourth-order valence-corrected chi connectivity index (χ4v) is 3.68. The molecule has 0 unspecified atom stereocenters. The Morgan fingerprint density at radius 3 is 2.20 bits per heavy atom. The summed E-state index contributed by atoms with van der Waals surface area (Å²) in [5, 5.41) is 14.8. The molecule has 164 valence electrons. The normalized spacial score (nSPS) is 19.0. The van der Waals surface area contributed by atoms with Crippen molar-refractivity contribution in [3.05, 3.63) is 23.8 Å². The van der Waals surface area contributed by atoms with Crippen LogP contribution in [0.2, 0.25) is 0 Å². The SMILES string of the molecule is O=C(C1CCN(Cc2ccc3c(c2)OCO3)CC1)N1CCOCC1.O=C(O)C(=O)O. The van der Waals surface area contributed by atoms with Gasteiger partial charge in [0, 0.05) is 25.6 Å². The smallest absolute Gasteiger partial charge is 0.414 e. The minimum atomic E-state index is -1.82. The van der Waals surface area contributed by atoms with Crippen LogP contribution in [-0.2, 0) is 25.7 Å². The van der Waals surface area contributed by atoms with Crippen molar-refractivity contribution in [3.8, 4) is 11.5 Å². The Morgan fingerprint density at radius 1 is 0.933 bits per heavy atom. The number of hydrogen-bond acceptors (Lipinski definition) is 7. The number of amides is 1. The number of hydrogen-bond donors (Lipinski definition) is 2. The molecule has 0 saturated carbocycles. The first-order valence-electron chi connectivity index (χ1n) is 9.87. The maximum atomic E-state index is 12.6. The van der Waals surface area contributed by atoms with Crippen molar-refractivity contribution in [2.24, 2.45) is 5.92 Å². The summed E-state index contributed by atoms with van der Waals surface area (Å²) in [5.74, 6) is -1.49. The van der Waals surface area contributed by atoms with Crippen LogP contribution in [0.5, 0.6) is 11.5 Å². The van der Waals surface area contributed by atoms with Crippen LogP contribution < -0.4 is 9.47 Å². The first kappa shape index (κ1) is 21.8. The lowest BCUT2D eigenvalue weighted by Crippen LogP contribution is -2.46. The lowest BCUT2D eigenvalue weighted by Gasteiger charge is -2.35. The molecular formula is C20H26N2O8. The van der Waals surface area contributed by atoms with E-state index in [2.05, 4.69) is 17.0 Å². The zero-order chi connectivity index (χ0) is 21.5. The number of carbonyl (C=O) groups excluding carboxylic acids is 1. The van der Waals surface area contributed by atoms with Gasteiger partial charge < -0.3 is 29.3 Å². The lowest BCUT2D eigenvalue weighted by molar-refractivity contribution is -0.159. The van der Waals surface area contributed by atoms with Crippen LogP contribution in [0.1, 0.15) is 18.4 Å². The fourth-order valence-electron chi connectivity index (χ4n) is 3.68. The summed E-state index contributed by atoms with van der Waals surface area (Å²) in [7, 11) is 0. The molecular weight excluding hydrogens is 396 g/mol. The molecule has 30 heavy (non-hydrogen) atoms. The molecule has 1 aromatic carbocycles. The first-order chi connectivity index (χ1) is 14.4. The average molecular weight is 422 g/mol. The van der Waals surface area contributed by atoms with Gasteiger partial charge in [0.1, 0.15) is 0 Å². The molecule has 0 spiro atoms. The second-order valence-corrected chi connectivity index (χ2v) is 7.29. The Kier molecular flexibility index (Phi) is 7.47. The summed E-state index contributed by atoms with van der Waals surface area (Å²) in [4.78, 5) is 35.2. The molecule has 2 N–H and O–H groups in total. The van der Waals surface area contributed by atoms with Gasteiger partial charge in [-0.3, -0.25) is 9.69 Å². The van der Waals surface area contributed by atoms with E-state index in [1.807, 2.05) is 11.0 Å². The van der Waals surface area contributed by atoms with Gasteiger partial charge in [-0.25, -0.2) is 9.59 Å². The summed E-state index contributed by atoms with van der Waals surface area (Å²) in [6.45, 7) is 5.99. The quantitative estimate of drug-likeness (QED) is 0.675. The van der Waals surface area contributed by atoms with Crippen molar-refractivity contribution in [1.29, 1.82) is 0 Å². The number of likely N-dealkylation sites (tertiary alicyclic amines) is 1. The van der Waals surface area contributed by atoms with E-state index in [1.54, 1.807) is 0 Å². The van der Waals surface area contributed by atoms with E-state index >= 15 is 0 Å². The molecule has 1 aromatic rings. The predicted molar refractivity (Wildman–Crippen MR) is 103 cm³/mol. The van der Waals surface area contributed by atoms with Crippen LogP contribution in [0.25, 0.3) is 0 Å². The Balaban J connectivity index is 0.000000377. The van der Waals surface area contributed by atoms with Gasteiger partial charge in [-0.05, 0) is 43.6 Å². The van der Waals surface area contributed by atoms with E-state index in [1.165, 1.54) is 5.56 Å². The van der Waals surface area contributed by atoms with Gasteiger partial charge >= 0.3 is 11.9 Å². The maximum absolute atomic E-state index is 12.6. The van der Waals surface area contributed by atoms with Crippen molar-refractivity contribution in [2.75, 3.05) is 46.2 Å².